The highest BCUT2D eigenvalue weighted by molar-refractivity contribution is 6.29. The normalized spacial score (nSPS) is 11.6. The Hall–Kier alpha value is -3.55. The summed E-state index contributed by atoms with van der Waals surface area (Å²) in [7, 11) is 1.37. The highest BCUT2D eigenvalue weighted by Crippen LogP contribution is 2.36. The first-order valence-corrected chi connectivity index (χ1v) is 10.3. The van der Waals surface area contributed by atoms with Gasteiger partial charge in [0.05, 0.1) is 29.2 Å². The molecule has 188 valence electrons. The van der Waals surface area contributed by atoms with Gasteiger partial charge in [-0.15, -0.1) is 5.10 Å². The highest BCUT2D eigenvalue weighted by atomic mass is 35.5. The molecular formula is C20H19ClF5N7O2. The van der Waals surface area contributed by atoms with E-state index in [9.17, 15) is 26.7 Å². The number of nitrogens with one attached hydrogen (secondary N) is 2. The lowest BCUT2D eigenvalue weighted by Crippen LogP contribution is -2.29. The van der Waals surface area contributed by atoms with Crippen LogP contribution in [-0.2, 0) is 19.8 Å². The molecule has 0 saturated carbocycles. The molecule has 9 nitrogen and oxygen atoms in total. The molecule has 2 amide bonds. The lowest BCUT2D eigenvalue weighted by atomic mass is 10.1. The molecule has 0 aliphatic heterocycles. The Labute approximate surface area is 200 Å². The Balaban J connectivity index is 1.69. The van der Waals surface area contributed by atoms with Gasteiger partial charge in [0.15, 0.2) is 12.3 Å². The summed E-state index contributed by atoms with van der Waals surface area (Å²) in [5, 5.41) is 16.2. The molecule has 35 heavy (non-hydrogen) atoms. The Morgan fingerprint density at radius 1 is 1.23 bits per heavy atom. The average Bonchev–Trinajstić information content (AvgIpc) is 3.15. The second-order valence-corrected chi connectivity index (χ2v) is 7.75. The summed E-state index contributed by atoms with van der Waals surface area (Å²) in [6, 6.07) is 2.11. The van der Waals surface area contributed by atoms with Crippen molar-refractivity contribution >= 4 is 23.3 Å². The number of rotatable bonds is 7. The van der Waals surface area contributed by atoms with Gasteiger partial charge in [0.25, 0.3) is 6.43 Å². The van der Waals surface area contributed by atoms with Gasteiger partial charge < -0.3 is 15.4 Å². The van der Waals surface area contributed by atoms with Crippen molar-refractivity contribution in [3.05, 3.63) is 46.0 Å². The van der Waals surface area contributed by atoms with E-state index in [0.717, 1.165) is 4.68 Å². The monoisotopic (exact) mass is 519 g/mol. The number of nitrogens with zero attached hydrogens (tertiary/aromatic N) is 5. The summed E-state index contributed by atoms with van der Waals surface area (Å²) in [5.41, 5.74) is -0.138. The molecule has 0 radical (unpaired) electrons. The van der Waals surface area contributed by atoms with Gasteiger partial charge in [0.2, 0.25) is 5.88 Å². The molecule has 0 aliphatic rings. The van der Waals surface area contributed by atoms with Crippen LogP contribution in [0.2, 0.25) is 5.15 Å². The second kappa shape index (κ2) is 10.4. The van der Waals surface area contributed by atoms with Crippen molar-refractivity contribution < 1.29 is 31.5 Å². The van der Waals surface area contributed by atoms with E-state index in [1.54, 1.807) is 6.92 Å². The third-order valence-electron chi connectivity index (χ3n) is 4.61. The standard InChI is InChI=1S/C20H19ClF5N7O2/c1-9-4-11(30-31-16(9)12-7-33(3)32-17(12)20(24,25)26)6-27-19(34)28-13-5-14(21)29-18(10(13)2)35-8-15(22)23/h4-5,7,15H,6,8H2,1-3H3,(H2,27,28,29,34). The van der Waals surface area contributed by atoms with Gasteiger partial charge in [-0.2, -0.15) is 23.4 Å². The van der Waals surface area contributed by atoms with E-state index in [-0.39, 0.29) is 45.8 Å². The van der Waals surface area contributed by atoms with Gasteiger partial charge >= 0.3 is 12.2 Å². The maximum atomic E-state index is 13.3. The quantitative estimate of drug-likeness (QED) is 0.351. The molecule has 3 aromatic heterocycles. The number of carbonyl (C=O) groups excluding carboxylic acids is 1. The number of carbonyl (C=O) groups is 1. The molecule has 0 saturated heterocycles. The summed E-state index contributed by atoms with van der Waals surface area (Å²) < 4.78 is 70.6. The van der Waals surface area contributed by atoms with E-state index in [1.807, 2.05) is 0 Å². The van der Waals surface area contributed by atoms with Crippen LogP contribution in [0.5, 0.6) is 5.88 Å². The SMILES string of the molecule is Cc1cc(CNC(=O)Nc2cc(Cl)nc(OCC(F)F)c2C)nnc1-c1cn(C)nc1C(F)(F)F. The number of amides is 2. The number of alkyl halides is 5. The van der Waals surface area contributed by atoms with Crippen LogP contribution in [0.3, 0.4) is 0 Å². The van der Waals surface area contributed by atoms with Gasteiger partial charge in [0, 0.05) is 18.8 Å². The summed E-state index contributed by atoms with van der Waals surface area (Å²) >= 11 is 5.87. The minimum atomic E-state index is -4.67. The van der Waals surface area contributed by atoms with Crippen molar-refractivity contribution in [1.29, 1.82) is 0 Å². The summed E-state index contributed by atoms with van der Waals surface area (Å²) in [5.74, 6) is -0.154. The summed E-state index contributed by atoms with van der Waals surface area (Å²) in [6.45, 7) is 2.06. The van der Waals surface area contributed by atoms with Gasteiger partial charge in [-0.1, -0.05) is 11.6 Å². The highest BCUT2D eigenvalue weighted by Gasteiger charge is 2.38. The van der Waals surface area contributed by atoms with Crippen LogP contribution in [0.4, 0.5) is 32.4 Å². The van der Waals surface area contributed by atoms with E-state index in [0.29, 0.717) is 5.56 Å². The van der Waals surface area contributed by atoms with E-state index in [4.69, 9.17) is 16.3 Å². The zero-order valence-electron chi connectivity index (χ0n) is 18.5. The van der Waals surface area contributed by atoms with Crippen molar-refractivity contribution in [3.63, 3.8) is 0 Å². The Morgan fingerprint density at radius 2 is 1.94 bits per heavy atom. The van der Waals surface area contributed by atoms with Crippen LogP contribution >= 0.6 is 11.6 Å². The molecule has 0 fully saturated rings. The van der Waals surface area contributed by atoms with Crippen molar-refractivity contribution in [2.24, 2.45) is 7.05 Å². The number of hydrogen-bond acceptors (Lipinski definition) is 6. The van der Waals surface area contributed by atoms with Crippen LogP contribution in [0.1, 0.15) is 22.5 Å². The molecular weight excluding hydrogens is 501 g/mol. The lowest BCUT2D eigenvalue weighted by molar-refractivity contribution is -0.141. The molecule has 0 atom stereocenters. The molecule has 2 N–H and O–H groups in total. The number of ether oxygens (including phenoxy) is 1. The number of anilines is 1. The topological polar surface area (TPSA) is 107 Å². The van der Waals surface area contributed by atoms with Crippen LogP contribution in [0.15, 0.2) is 18.3 Å². The summed E-state index contributed by atoms with van der Waals surface area (Å²) in [4.78, 5) is 16.1. The first-order chi connectivity index (χ1) is 16.3. The van der Waals surface area contributed by atoms with Gasteiger partial charge in [-0.3, -0.25) is 4.68 Å². The predicted molar refractivity (Wildman–Crippen MR) is 115 cm³/mol. The Bertz CT molecular complexity index is 1230. The van der Waals surface area contributed by atoms with E-state index in [2.05, 4.69) is 30.9 Å². The number of halogens is 6. The molecule has 3 aromatic rings. The van der Waals surface area contributed by atoms with Crippen molar-refractivity contribution in [1.82, 2.24) is 30.3 Å². The smallest absolute Gasteiger partial charge is 0.435 e. The zero-order chi connectivity index (χ0) is 25.9. The lowest BCUT2D eigenvalue weighted by Gasteiger charge is -2.14. The van der Waals surface area contributed by atoms with Crippen molar-refractivity contribution in [3.8, 4) is 17.1 Å². The fourth-order valence-corrected chi connectivity index (χ4v) is 3.26. The first kappa shape index (κ1) is 26.1. The molecule has 0 aromatic carbocycles. The van der Waals surface area contributed by atoms with Gasteiger partial charge in [-0.25, -0.2) is 18.6 Å². The summed E-state index contributed by atoms with van der Waals surface area (Å²) in [6.07, 6.45) is -6.18. The minimum absolute atomic E-state index is 0.0111. The van der Waals surface area contributed by atoms with Crippen LogP contribution in [0, 0.1) is 13.8 Å². The van der Waals surface area contributed by atoms with E-state index >= 15 is 0 Å². The minimum Gasteiger partial charge on any atom is -0.471 e. The Morgan fingerprint density at radius 3 is 2.57 bits per heavy atom. The fraction of sp³-hybridized carbons (Fsp3) is 0.350. The maximum absolute atomic E-state index is 13.3. The number of hydrogen-bond donors (Lipinski definition) is 2. The molecule has 3 rings (SSSR count). The van der Waals surface area contributed by atoms with Crippen LogP contribution in [0.25, 0.3) is 11.3 Å². The van der Waals surface area contributed by atoms with Crippen molar-refractivity contribution in [2.45, 2.75) is 33.0 Å². The average molecular weight is 520 g/mol. The van der Waals surface area contributed by atoms with Crippen LogP contribution in [-0.4, -0.2) is 44.0 Å². The second-order valence-electron chi connectivity index (χ2n) is 7.36. The maximum Gasteiger partial charge on any atom is 0.435 e. The first-order valence-electron chi connectivity index (χ1n) is 9.92. The predicted octanol–water partition coefficient (Wildman–Crippen LogP) is 4.53. The number of aryl methyl sites for hydroxylation is 2. The zero-order valence-corrected chi connectivity index (χ0v) is 19.3. The van der Waals surface area contributed by atoms with Crippen molar-refractivity contribution in [2.75, 3.05) is 11.9 Å². The Kier molecular flexibility index (Phi) is 7.73. The van der Waals surface area contributed by atoms with Crippen LogP contribution < -0.4 is 15.4 Å². The molecule has 0 bridgehead atoms. The number of aromatic nitrogens is 5. The largest absolute Gasteiger partial charge is 0.471 e. The van der Waals surface area contributed by atoms with Gasteiger partial charge in [-0.05, 0) is 31.5 Å². The third kappa shape index (κ3) is 6.53. The number of pyridine rings is 1. The molecule has 3 heterocycles. The fourth-order valence-electron chi connectivity index (χ4n) is 3.07. The molecule has 0 spiro atoms. The molecule has 0 unspecified atom stereocenters. The van der Waals surface area contributed by atoms with E-state index in [1.165, 1.54) is 32.3 Å². The molecule has 15 heteroatoms. The van der Waals surface area contributed by atoms with Gasteiger partial charge in [0.1, 0.15) is 5.15 Å². The van der Waals surface area contributed by atoms with E-state index < -0.39 is 30.9 Å². The number of urea groups is 1. The third-order valence-corrected chi connectivity index (χ3v) is 4.80. The molecule has 0 aliphatic carbocycles.